The first kappa shape index (κ1) is 36.7. The van der Waals surface area contributed by atoms with E-state index in [0.29, 0.717) is 54.1 Å². The lowest BCUT2D eigenvalue weighted by Crippen LogP contribution is -2.61. The number of piperidine rings is 2. The molecule has 4 aliphatic heterocycles. The number of anilines is 3. The van der Waals surface area contributed by atoms with Crippen molar-refractivity contribution in [2.45, 2.75) is 88.1 Å². The van der Waals surface area contributed by atoms with E-state index in [1.807, 2.05) is 30.1 Å². The van der Waals surface area contributed by atoms with Crippen LogP contribution >= 0.6 is 0 Å². The van der Waals surface area contributed by atoms with Crippen LogP contribution in [0.3, 0.4) is 0 Å². The number of hydrogen-bond donors (Lipinski definition) is 3. The van der Waals surface area contributed by atoms with E-state index in [-0.39, 0.29) is 29.6 Å². The second-order valence-electron chi connectivity index (χ2n) is 17.6. The fourth-order valence-electron chi connectivity index (χ4n) is 10.7. The first-order chi connectivity index (χ1) is 28.1. The number of amides is 5. The number of likely N-dealkylation sites (N-methyl/N-ethyl adjacent to an activating group) is 1. The van der Waals surface area contributed by atoms with Gasteiger partial charge < -0.3 is 30.3 Å². The minimum Gasteiger partial charge on any atom is -0.364 e. The zero-order valence-corrected chi connectivity index (χ0v) is 32.9. The molecule has 0 bridgehead atoms. The highest BCUT2D eigenvalue weighted by atomic mass is 16.5. The molecule has 10 rings (SSSR count). The van der Waals surface area contributed by atoms with Gasteiger partial charge in [-0.25, -0.2) is 14.8 Å². The average Bonchev–Trinajstić information content (AvgIpc) is 3.94. The van der Waals surface area contributed by atoms with E-state index in [4.69, 9.17) is 15.2 Å². The van der Waals surface area contributed by atoms with Gasteiger partial charge in [-0.3, -0.25) is 24.6 Å². The Hall–Kier alpha value is -5.57. The summed E-state index contributed by atoms with van der Waals surface area (Å²) in [4.78, 5) is 67.1. The van der Waals surface area contributed by atoms with E-state index >= 15 is 0 Å². The number of nitrogens with two attached hydrogens (primary N) is 1. The molecule has 6 aliphatic rings. The van der Waals surface area contributed by atoms with Crippen molar-refractivity contribution in [2.24, 2.45) is 11.1 Å². The van der Waals surface area contributed by atoms with Gasteiger partial charge in [0.05, 0.1) is 18.2 Å². The molecule has 3 atom stereocenters. The molecule has 4 aromatic rings. The van der Waals surface area contributed by atoms with Gasteiger partial charge in [0.15, 0.2) is 17.1 Å². The van der Waals surface area contributed by atoms with E-state index in [0.717, 1.165) is 87.9 Å². The number of nitrogens with one attached hydrogen (secondary N) is 2. The molecule has 5 amide bonds. The maximum Gasteiger partial charge on any atom is 0.320 e. The molecule has 5 fully saturated rings. The number of benzene rings is 2. The van der Waals surface area contributed by atoms with Crippen LogP contribution in [0.25, 0.3) is 11.0 Å². The second-order valence-corrected chi connectivity index (χ2v) is 17.6. The van der Waals surface area contributed by atoms with Gasteiger partial charge in [-0.2, -0.15) is 0 Å². The number of rotatable bonds is 8. The Morgan fingerprint density at radius 2 is 1.78 bits per heavy atom. The standard InChI is InChI=1S/C43H50N10O5/c1-50-17-18-53(42(50)57)29-3-2-16-51(22-29)34-21-45-37(39(44)55)40(47-34)46-28-7-4-25(5-8-28)26-12-14-43(15-13-26)23-52(24-43)30-19-27-6-9-31-36(49-58-38(31)33(27)20-30)32-10-11-35(54)48-41(32)56/h4-9,21,26,29-30,32H,2-3,10-20,22-24H2,1H3,(H2,44,55)(H,46,47)(H,48,54,56). The maximum atomic E-state index is 12.7. The van der Waals surface area contributed by atoms with Crippen molar-refractivity contribution in [3.63, 3.8) is 0 Å². The molecule has 58 heavy (non-hydrogen) atoms. The highest BCUT2D eigenvalue weighted by Crippen LogP contribution is 2.50. The topological polar surface area (TPSA) is 183 Å². The highest BCUT2D eigenvalue weighted by Gasteiger charge is 2.48. The van der Waals surface area contributed by atoms with Crippen molar-refractivity contribution >= 4 is 52.0 Å². The molecule has 15 heteroatoms. The van der Waals surface area contributed by atoms with Crippen molar-refractivity contribution in [3.05, 3.63) is 70.7 Å². The Balaban J connectivity index is 0.743. The molecule has 2 aromatic carbocycles. The number of primary amides is 1. The van der Waals surface area contributed by atoms with Crippen LogP contribution in [0.5, 0.6) is 0 Å². The monoisotopic (exact) mass is 786 g/mol. The molecular weight excluding hydrogens is 737 g/mol. The van der Waals surface area contributed by atoms with Gasteiger partial charge in [0.2, 0.25) is 11.8 Å². The van der Waals surface area contributed by atoms with Gasteiger partial charge in [0.25, 0.3) is 5.91 Å². The fraction of sp³-hybridized carbons (Fsp3) is 0.512. The van der Waals surface area contributed by atoms with Crippen molar-refractivity contribution in [2.75, 3.05) is 56.5 Å². The van der Waals surface area contributed by atoms with Crippen molar-refractivity contribution in [1.29, 1.82) is 0 Å². The molecular formula is C43H50N10O5. The van der Waals surface area contributed by atoms with Crippen molar-refractivity contribution < 1.29 is 23.7 Å². The van der Waals surface area contributed by atoms with Gasteiger partial charge in [0, 0.05) is 75.4 Å². The number of nitrogens with zero attached hydrogens (tertiary/aromatic N) is 7. The predicted octanol–water partition coefficient (Wildman–Crippen LogP) is 4.44. The van der Waals surface area contributed by atoms with Crippen LogP contribution in [0.15, 0.2) is 47.1 Å². The number of imide groups is 1. The Kier molecular flexibility index (Phi) is 9.10. The van der Waals surface area contributed by atoms with E-state index in [1.54, 1.807) is 11.1 Å². The molecule has 3 unspecified atom stereocenters. The molecule has 2 aliphatic carbocycles. The van der Waals surface area contributed by atoms with Crippen molar-refractivity contribution in [3.8, 4) is 0 Å². The third kappa shape index (κ3) is 6.52. The van der Waals surface area contributed by atoms with E-state index in [2.05, 4.69) is 48.8 Å². The SMILES string of the molecule is CN1CCN(C2CCCN(c3cnc(C(N)=O)c(Nc4ccc(C5CCC6(CC5)CN(C5Cc7ccc8c(C9CCC(=O)NC9=O)noc8c7C5)C6)cc4)n3)C2)C1=O. The van der Waals surface area contributed by atoms with Crippen LogP contribution < -0.4 is 21.3 Å². The number of aromatic nitrogens is 3. The van der Waals surface area contributed by atoms with Crippen LogP contribution in [0.2, 0.25) is 0 Å². The Labute approximate surface area is 336 Å². The zero-order chi connectivity index (χ0) is 39.7. The summed E-state index contributed by atoms with van der Waals surface area (Å²) in [7, 11) is 1.84. The average molecular weight is 787 g/mol. The summed E-state index contributed by atoms with van der Waals surface area (Å²) in [5, 5.41) is 11.0. The summed E-state index contributed by atoms with van der Waals surface area (Å²) in [6.45, 7) is 5.17. The van der Waals surface area contributed by atoms with E-state index in [9.17, 15) is 19.2 Å². The Bertz CT molecular complexity index is 2290. The lowest BCUT2D eigenvalue weighted by atomic mass is 9.64. The second kappa shape index (κ2) is 14.4. The molecule has 0 radical (unpaired) electrons. The van der Waals surface area contributed by atoms with Crippen LogP contribution in [0.4, 0.5) is 22.1 Å². The lowest BCUT2D eigenvalue weighted by Gasteiger charge is -2.56. The van der Waals surface area contributed by atoms with Crippen molar-refractivity contribution in [1.82, 2.24) is 35.1 Å². The molecule has 4 N–H and O–H groups in total. The van der Waals surface area contributed by atoms with Gasteiger partial charge in [-0.1, -0.05) is 23.4 Å². The first-order valence-electron chi connectivity index (χ1n) is 20.9. The number of carbonyl (C=O) groups excluding carboxylic acids is 4. The number of hydrogen-bond acceptors (Lipinski definition) is 11. The van der Waals surface area contributed by atoms with Crippen LogP contribution in [-0.4, -0.2) is 112 Å². The molecule has 6 heterocycles. The molecule has 302 valence electrons. The lowest BCUT2D eigenvalue weighted by molar-refractivity contribution is -0.134. The maximum absolute atomic E-state index is 12.7. The molecule has 2 aromatic heterocycles. The summed E-state index contributed by atoms with van der Waals surface area (Å²) < 4.78 is 5.89. The number of carbonyl (C=O) groups is 4. The number of fused-ring (bicyclic) bond motifs is 3. The molecule has 1 spiro atoms. The zero-order valence-electron chi connectivity index (χ0n) is 32.9. The summed E-state index contributed by atoms with van der Waals surface area (Å²) in [5.41, 5.74) is 12.3. The summed E-state index contributed by atoms with van der Waals surface area (Å²) in [5.74, 6) is -0.130. The quantitative estimate of drug-likeness (QED) is 0.215. The third-order valence-corrected chi connectivity index (χ3v) is 14.0. The van der Waals surface area contributed by atoms with Crippen LogP contribution in [0.1, 0.15) is 96.1 Å². The van der Waals surface area contributed by atoms with Crippen LogP contribution in [-0.2, 0) is 22.4 Å². The minimum atomic E-state index is -0.642. The third-order valence-electron chi connectivity index (χ3n) is 14.0. The predicted molar refractivity (Wildman–Crippen MR) is 216 cm³/mol. The molecule has 4 saturated heterocycles. The summed E-state index contributed by atoms with van der Waals surface area (Å²) >= 11 is 0. The van der Waals surface area contributed by atoms with Gasteiger partial charge >= 0.3 is 6.03 Å². The summed E-state index contributed by atoms with van der Waals surface area (Å²) in [6.07, 6.45) is 10.9. The molecule has 1 saturated carbocycles. The number of likely N-dealkylation sites (tertiary alicyclic amines) is 1. The smallest absolute Gasteiger partial charge is 0.320 e. The van der Waals surface area contributed by atoms with Gasteiger partial charge in [0.1, 0.15) is 11.5 Å². The Morgan fingerprint density at radius 3 is 2.52 bits per heavy atom. The van der Waals surface area contributed by atoms with Gasteiger partial charge in [-0.15, -0.1) is 0 Å². The van der Waals surface area contributed by atoms with E-state index in [1.165, 1.54) is 29.5 Å². The van der Waals surface area contributed by atoms with E-state index < -0.39 is 11.8 Å². The molecule has 15 nitrogen and oxygen atoms in total. The first-order valence-corrected chi connectivity index (χ1v) is 20.9. The normalized spacial score (nSPS) is 25.0. The Morgan fingerprint density at radius 1 is 0.966 bits per heavy atom. The minimum absolute atomic E-state index is 0.0721. The number of urea groups is 1. The van der Waals surface area contributed by atoms with Crippen LogP contribution in [0, 0.1) is 5.41 Å². The fourth-order valence-corrected chi connectivity index (χ4v) is 10.7. The van der Waals surface area contributed by atoms with Gasteiger partial charge in [-0.05, 0) is 98.4 Å². The highest BCUT2D eigenvalue weighted by molar-refractivity contribution is 6.02. The summed E-state index contributed by atoms with van der Waals surface area (Å²) in [6, 6.07) is 13.3. The largest absolute Gasteiger partial charge is 0.364 e.